The Morgan fingerprint density at radius 2 is 2.09 bits per heavy atom. The van der Waals surface area contributed by atoms with Crippen LogP contribution < -0.4 is 4.74 Å². The van der Waals surface area contributed by atoms with Gasteiger partial charge in [0.05, 0.1) is 19.6 Å². The third-order valence-electron chi connectivity index (χ3n) is 6.58. The van der Waals surface area contributed by atoms with Crippen LogP contribution in [0.1, 0.15) is 44.1 Å². The number of alkyl halides is 1. The molecule has 1 aromatic rings. The van der Waals surface area contributed by atoms with Gasteiger partial charge in [-0.3, -0.25) is 9.59 Å². The molecule has 0 bridgehead atoms. The van der Waals surface area contributed by atoms with Crippen LogP contribution in [0.3, 0.4) is 0 Å². The average Bonchev–Trinajstić information content (AvgIpc) is 2.84. The van der Waals surface area contributed by atoms with Crippen LogP contribution in [0.2, 0.25) is 0 Å². The molecule has 2 aliphatic rings. The number of likely N-dealkylation sites (tertiary alicyclic amines) is 1. The van der Waals surface area contributed by atoms with Gasteiger partial charge in [-0.25, -0.2) is 4.39 Å². The van der Waals surface area contributed by atoms with Gasteiger partial charge >= 0.3 is 5.97 Å². The van der Waals surface area contributed by atoms with Gasteiger partial charge in [-0.05, 0) is 49.3 Å². The first-order valence-corrected chi connectivity index (χ1v) is 12.3. The minimum Gasteiger partial charge on any atom is -0.483 e. The number of hydrogen-bond acceptors (Lipinski definition) is 5. The Kier molecular flexibility index (Phi) is 9.28. The maximum absolute atomic E-state index is 13.4. The summed E-state index contributed by atoms with van der Waals surface area (Å²) in [6.07, 6.45) is 8.55. The van der Waals surface area contributed by atoms with E-state index in [2.05, 4.69) is 22.0 Å². The fourth-order valence-electron chi connectivity index (χ4n) is 4.55. The number of carbonyl (C=O) groups is 2. The molecule has 34 heavy (non-hydrogen) atoms. The molecule has 182 valence electrons. The predicted octanol–water partition coefficient (Wildman–Crippen LogP) is 5.07. The Morgan fingerprint density at radius 3 is 2.74 bits per heavy atom. The number of ether oxygens (including phenoxy) is 2. The maximum atomic E-state index is 13.4. The van der Waals surface area contributed by atoms with E-state index < -0.39 is 6.17 Å². The predicted molar refractivity (Wildman–Crippen MR) is 130 cm³/mol. The summed E-state index contributed by atoms with van der Waals surface area (Å²) in [6, 6.07) is 7.55. The van der Waals surface area contributed by atoms with Crippen molar-refractivity contribution in [3.8, 4) is 11.8 Å². The third kappa shape index (κ3) is 7.17. The zero-order valence-electron chi connectivity index (χ0n) is 19.4. The minimum atomic E-state index is -0.919. The van der Waals surface area contributed by atoms with Crippen LogP contribution in [0.4, 0.5) is 4.39 Å². The molecule has 0 N–H and O–H groups in total. The van der Waals surface area contributed by atoms with Crippen LogP contribution >= 0.6 is 15.9 Å². The molecule has 6 nitrogen and oxygen atoms in total. The smallest absolute Gasteiger partial charge is 0.310 e. The van der Waals surface area contributed by atoms with Gasteiger partial charge in [0, 0.05) is 36.0 Å². The lowest BCUT2D eigenvalue weighted by Crippen LogP contribution is -2.45. The van der Waals surface area contributed by atoms with E-state index in [-0.39, 0.29) is 30.3 Å². The highest BCUT2D eigenvalue weighted by Crippen LogP contribution is 2.42. The van der Waals surface area contributed by atoms with Crippen molar-refractivity contribution in [1.82, 2.24) is 4.90 Å². The number of amides is 1. The van der Waals surface area contributed by atoms with E-state index >= 15 is 0 Å². The Bertz CT molecular complexity index is 993. The molecule has 1 heterocycles. The van der Waals surface area contributed by atoms with E-state index in [1.54, 1.807) is 29.2 Å². The molecule has 1 unspecified atom stereocenters. The van der Waals surface area contributed by atoms with E-state index in [0.29, 0.717) is 37.2 Å². The number of allylic oxidation sites excluding steroid dienone is 4. The number of carbonyl (C=O) groups excluding carboxylic acids is 2. The number of benzene rings is 1. The molecule has 8 heteroatoms. The summed E-state index contributed by atoms with van der Waals surface area (Å²) in [7, 11) is 1.33. The number of halogens is 2. The molecule has 3 rings (SSSR count). The van der Waals surface area contributed by atoms with Crippen molar-refractivity contribution in [2.24, 2.45) is 5.41 Å². The van der Waals surface area contributed by atoms with Crippen molar-refractivity contribution in [3.05, 3.63) is 52.0 Å². The van der Waals surface area contributed by atoms with Crippen LogP contribution in [0.25, 0.3) is 0 Å². The van der Waals surface area contributed by atoms with Crippen LogP contribution in [0.15, 0.2) is 46.5 Å². The van der Waals surface area contributed by atoms with Gasteiger partial charge in [-0.15, -0.1) is 0 Å². The Labute approximate surface area is 208 Å². The van der Waals surface area contributed by atoms with Crippen LogP contribution in [-0.4, -0.2) is 49.8 Å². The second kappa shape index (κ2) is 12.2. The van der Waals surface area contributed by atoms with Gasteiger partial charge in [0.1, 0.15) is 11.9 Å². The van der Waals surface area contributed by atoms with E-state index in [0.717, 1.165) is 35.7 Å². The number of piperidine rings is 1. The molecule has 1 aliphatic heterocycles. The summed E-state index contributed by atoms with van der Waals surface area (Å²) in [5.74, 6) is -0.0219. The van der Waals surface area contributed by atoms with Crippen molar-refractivity contribution in [1.29, 1.82) is 5.26 Å². The standard InChI is InChI=1S/C26H30BrFN2O4/c1-33-25(32)16-20-15-21(27)5-8-23(20)34-18-24(31)30-13-10-26(11-14-30,9-2-12-29)17-19-3-6-22(28)7-4-19/h3-6,8,15,22H,2,7,9-11,13-14,16-18H2,1H3. The molecule has 1 saturated heterocycles. The first-order chi connectivity index (χ1) is 16.3. The zero-order valence-corrected chi connectivity index (χ0v) is 21.0. The second-order valence-electron chi connectivity index (χ2n) is 8.90. The van der Waals surface area contributed by atoms with E-state index in [1.807, 2.05) is 12.2 Å². The number of hydrogen-bond donors (Lipinski definition) is 0. The minimum absolute atomic E-state index is 0.0536. The lowest BCUT2D eigenvalue weighted by Gasteiger charge is -2.42. The fraction of sp³-hybridized carbons (Fsp3) is 0.500. The highest BCUT2D eigenvalue weighted by atomic mass is 79.9. The molecule has 1 amide bonds. The molecular formula is C26H30BrFN2O4. The number of esters is 1. The lowest BCUT2D eigenvalue weighted by atomic mass is 9.70. The molecule has 1 aromatic carbocycles. The highest BCUT2D eigenvalue weighted by Gasteiger charge is 2.36. The van der Waals surface area contributed by atoms with Crippen LogP contribution in [0.5, 0.6) is 5.75 Å². The highest BCUT2D eigenvalue weighted by molar-refractivity contribution is 9.10. The molecule has 1 atom stereocenters. The Morgan fingerprint density at radius 1 is 1.32 bits per heavy atom. The molecule has 0 saturated carbocycles. The Balaban J connectivity index is 1.58. The molecule has 1 fully saturated rings. The summed E-state index contributed by atoms with van der Waals surface area (Å²) in [5, 5.41) is 9.14. The summed E-state index contributed by atoms with van der Waals surface area (Å²) in [6.45, 7) is 1.06. The lowest BCUT2D eigenvalue weighted by molar-refractivity contribution is -0.139. The van der Waals surface area contributed by atoms with Crippen molar-refractivity contribution < 1.29 is 23.5 Å². The van der Waals surface area contributed by atoms with Gasteiger partial charge < -0.3 is 14.4 Å². The number of methoxy groups -OCH3 is 1. The van der Waals surface area contributed by atoms with Gasteiger partial charge in [-0.1, -0.05) is 39.7 Å². The first kappa shape index (κ1) is 26.0. The first-order valence-electron chi connectivity index (χ1n) is 11.5. The monoisotopic (exact) mass is 532 g/mol. The molecule has 0 radical (unpaired) electrons. The second-order valence-corrected chi connectivity index (χ2v) is 9.81. The fourth-order valence-corrected chi connectivity index (χ4v) is 4.96. The van der Waals surface area contributed by atoms with Gasteiger partial charge in [-0.2, -0.15) is 5.26 Å². The molecule has 1 aliphatic carbocycles. The van der Waals surface area contributed by atoms with Crippen molar-refractivity contribution in [2.75, 3.05) is 26.8 Å². The van der Waals surface area contributed by atoms with Gasteiger partial charge in [0.2, 0.25) is 0 Å². The number of rotatable bonds is 9. The summed E-state index contributed by atoms with van der Waals surface area (Å²) in [4.78, 5) is 26.4. The summed E-state index contributed by atoms with van der Waals surface area (Å²) in [5.41, 5.74) is 1.70. The Hall–Kier alpha value is -2.66. The van der Waals surface area contributed by atoms with Crippen molar-refractivity contribution >= 4 is 27.8 Å². The molecule has 0 spiro atoms. The van der Waals surface area contributed by atoms with Crippen LogP contribution in [0, 0.1) is 16.7 Å². The SMILES string of the molecule is COC(=O)Cc1cc(Br)ccc1OCC(=O)N1CCC(CCC#N)(CC2=CCC(F)C=C2)CC1. The topological polar surface area (TPSA) is 79.6 Å². The largest absolute Gasteiger partial charge is 0.483 e. The third-order valence-corrected chi connectivity index (χ3v) is 7.08. The van der Waals surface area contributed by atoms with E-state index in [1.165, 1.54) is 7.11 Å². The van der Waals surface area contributed by atoms with Gasteiger partial charge in [0.15, 0.2) is 6.61 Å². The normalized spacial score (nSPS) is 19.2. The maximum Gasteiger partial charge on any atom is 0.310 e. The summed E-state index contributed by atoms with van der Waals surface area (Å²) >= 11 is 3.39. The number of nitrogens with zero attached hydrogens (tertiary/aromatic N) is 2. The van der Waals surface area contributed by atoms with E-state index in [9.17, 15) is 14.0 Å². The van der Waals surface area contributed by atoms with E-state index in [4.69, 9.17) is 14.7 Å². The number of nitriles is 1. The van der Waals surface area contributed by atoms with Gasteiger partial charge in [0.25, 0.3) is 5.91 Å². The van der Waals surface area contributed by atoms with Crippen molar-refractivity contribution in [3.63, 3.8) is 0 Å². The molecule has 0 aromatic heterocycles. The summed E-state index contributed by atoms with van der Waals surface area (Å²) < 4.78 is 24.8. The molecular weight excluding hydrogens is 503 g/mol. The zero-order chi connectivity index (χ0) is 24.6. The van der Waals surface area contributed by atoms with Crippen molar-refractivity contribution in [2.45, 2.75) is 51.1 Å². The average molecular weight is 533 g/mol. The quantitative estimate of drug-likeness (QED) is 0.414. The van der Waals surface area contributed by atoms with Crippen LogP contribution in [-0.2, 0) is 20.7 Å².